The van der Waals surface area contributed by atoms with E-state index in [1.54, 1.807) is 24.5 Å². The van der Waals surface area contributed by atoms with Crippen LogP contribution in [0.15, 0.2) is 39.5 Å². The van der Waals surface area contributed by atoms with E-state index in [1.807, 2.05) is 6.07 Å². The lowest BCUT2D eigenvalue weighted by molar-refractivity contribution is 0.0690. The van der Waals surface area contributed by atoms with Crippen LogP contribution < -0.4 is 5.32 Å². The molecule has 0 atom stereocenters. The molecule has 0 spiro atoms. The third kappa shape index (κ3) is 2.25. The van der Waals surface area contributed by atoms with Gasteiger partial charge in [0.25, 0.3) is 0 Å². The fourth-order valence-electron chi connectivity index (χ4n) is 1.73. The number of imidazole rings is 1. The Morgan fingerprint density at radius 3 is 3.00 bits per heavy atom. The van der Waals surface area contributed by atoms with Gasteiger partial charge in [-0.15, -0.1) is 5.10 Å². The number of nitrogens with zero attached hydrogens (tertiary/aromatic N) is 3. The highest BCUT2D eigenvalue weighted by atomic mass is 79.9. The molecule has 0 saturated carbocycles. The fourth-order valence-corrected chi connectivity index (χ4v) is 2.25. The van der Waals surface area contributed by atoms with Gasteiger partial charge >= 0.3 is 5.97 Å². The van der Waals surface area contributed by atoms with Crippen LogP contribution in [-0.2, 0) is 6.54 Å². The summed E-state index contributed by atoms with van der Waals surface area (Å²) in [6.45, 7) is 0.490. The van der Waals surface area contributed by atoms with Crippen LogP contribution in [-0.4, -0.2) is 25.7 Å². The zero-order valence-electron chi connectivity index (χ0n) is 10.1. The van der Waals surface area contributed by atoms with E-state index in [2.05, 4.69) is 31.3 Å². The first-order valence-electron chi connectivity index (χ1n) is 5.70. The van der Waals surface area contributed by atoms with E-state index >= 15 is 0 Å². The highest BCUT2D eigenvalue weighted by Gasteiger charge is 2.17. The Balaban J connectivity index is 1.90. The Bertz CT molecular complexity index is 766. The molecule has 3 aromatic heterocycles. The quantitative estimate of drug-likeness (QED) is 0.759. The SMILES string of the molecule is O=C(O)c1nc2ccc(NCc3ccco3)nn2c1Br. The third-order valence-electron chi connectivity index (χ3n) is 2.65. The van der Waals surface area contributed by atoms with Crippen molar-refractivity contribution in [2.45, 2.75) is 6.54 Å². The molecule has 102 valence electrons. The van der Waals surface area contributed by atoms with Crippen LogP contribution in [0.3, 0.4) is 0 Å². The van der Waals surface area contributed by atoms with Crippen LogP contribution in [0.4, 0.5) is 5.82 Å². The van der Waals surface area contributed by atoms with Gasteiger partial charge in [0, 0.05) is 0 Å². The van der Waals surface area contributed by atoms with Crippen molar-refractivity contribution in [3.05, 3.63) is 46.6 Å². The molecular formula is C12H9BrN4O3. The van der Waals surface area contributed by atoms with Crippen LogP contribution in [0, 0.1) is 0 Å². The van der Waals surface area contributed by atoms with E-state index in [4.69, 9.17) is 9.52 Å². The van der Waals surface area contributed by atoms with Crippen molar-refractivity contribution < 1.29 is 14.3 Å². The van der Waals surface area contributed by atoms with Crippen molar-refractivity contribution in [2.24, 2.45) is 0 Å². The number of rotatable bonds is 4. The second kappa shape index (κ2) is 4.97. The maximum Gasteiger partial charge on any atom is 0.357 e. The fraction of sp³-hybridized carbons (Fsp3) is 0.0833. The average Bonchev–Trinajstić information content (AvgIpc) is 3.05. The van der Waals surface area contributed by atoms with E-state index < -0.39 is 5.97 Å². The summed E-state index contributed by atoms with van der Waals surface area (Å²) >= 11 is 3.19. The zero-order chi connectivity index (χ0) is 14.1. The van der Waals surface area contributed by atoms with Crippen molar-refractivity contribution in [3.8, 4) is 0 Å². The first-order valence-corrected chi connectivity index (χ1v) is 6.49. The largest absolute Gasteiger partial charge is 0.476 e. The predicted molar refractivity (Wildman–Crippen MR) is 73.7 cm³/mol. The molecule has 0 aliphatic carbocycles. The predicted octanol–water partition coefficient (Wildman–Crippen LogP) is 2.40. The Morgan fingerprint density at radius 2 is 2.30 bits per heavy atom. The minimum Gasteiger partial charge on any atom is -0.476 e. The van der Waals surface area contributed by atoms with Gasteiger partial charge in [-0.25, -0.2) is 14.3 Å². The summed E-state index contributed by atoms with van der Waals surface area (Å²) in [6, 6.07) is 7.07. The molecule has 3 aromatic rings. The summed E-state index contributed by atoms with van der Waals surface area (Å²) in [7, 11) is 0. The maximum atomic E-state index is 11.0. The van der Waals surface area contributed by atoms with Gasteiger partial charge in [-0.2, -0.15) is 0 Å². The first-order chi connectivity index (χ1) is 9.65. The normalized spacial score (nSPS) is 10.8. The number of halogens is 1. The number of nitrogens with one attached hydrogen (secondary N) is 1. The monoisotopic (exact) mass is 336 g/mol. The van der Waals surface area contributed by atoms with Crippen LogP contribution in [0.2, 0.25) is 0 Å². The summed E-state index contributed by atoms with van der Waals surface area (Å²) in [5, 5.41) is 16.4. The molecule has 2 N–H and O–H groups in total. The molecule has 0 radical (unpaired) electrons. The van der Waals surface area contributed by atoms with Crippen LogP contribution >= 0.6 is 15.9 Å². The van der Waals surface area contributed by atoms with Crippen LogP contribution in [0.1, 0.15) is 16.2 Å². The second-order valence-corrected chi connectivity index (χ2v) is 4.73. The topological polar surface area (TPSA) is 92.7 Å². The molecular weight excluding hydrogens is 328 g/mol. The van der Waals surface area contributed by atoms with Gasteiger partial charge in [-0.1, -0.05) is 0 Å². The molecule has 7 nitrogen and oxygen atoms in total. The number of furan rings is 1. The standard InChI is InChI=1S/C12H9BrN4O3/c13-11-10(12(18)19)15-9-4-3-8(16-17(9)11)14-6-7-2-1-5-20-7/h1-5H,6H2,(H,14,16)(H,18,19). The molecule has 0 unspecified atom stereocenters. The van der Waals surface area contributed by atoms with Crippen molar-refractivity contribution in [1.82, 2.24) is 14.6 Å². The molecule has 3 heterocycles. The minimum absolute atomic E-state index is 0.0688. The van der Waals surface area contributed by atoms with Gasteiger partial charge in [0.15, 0.2) is 11.3 Å². The molecule has 0 amide bonds. The number of hydrogen-bond acceptors (Lipinski definition) is 5. The van der Waals surface area contributed by atoms with Gasteiger partial charge in [0.2, 0.25) is 0 Å². The van der Waals surface area contributed by atoms with Crippen molar-refractivity contribution in [2.75, 3.05) is 5.32 Å². The Morgan fingerprint density at radius 1 is 1.45 bits per heavy atom. The van der Waals surface area contributed by atoms with E-state index in [9.17, 15) is 4.79 Å². The molecule has 3 rings (SSSR count). The Labute approximate surface area is 121 Å². The summed E-state index contributed by atoms with van der Waals surface area (Å²) < 4.78 is 6.94. The van der Waals surface area contributed by atoms with E-state index in [0.717, 1.165) is 5.76 Å². The van der Waals surface area contributed by atoms with Gasteiger partial charge in [0.05, 0.1) is 12.8 Å². The lowest BCUT2D eigenvalue weighted by Gasteiger charge is -2.03. The Kier molecular flexibility index (Phi) is 3.15. The number of hydrogen-bond donors (Lipinski definition) is 2. The molecule has 0 fully saturated rings. The van der Waals surface area contributed by atoms with Crippen molar-refractivity contribution in [1.29, 1.82) is 0 Å². The highest BCUT2D eigenvalue weighted by Crippen LogP contribution is 2.19. The number of carboxylic acids is 1. The summed E-state index contributed by atoms with van der Waals surface area (Å²) in [5.41, 5.74) is 0.388. The van der Waals surface area contributed by atoms with Gasteiger partial charge in [-0.05, 0) is 40.2 Å². The summed E-state index contributed by atoms with van der Waals surface area (Å²) in [5.74, 6) is 0.263. The first kappa shape index (κ1) is 12.7. The third-order valence-corrected chi connectivity index (χ3v) is 3.36. The van der Waals surface area contributed by atoms with E-state index in [-0.39, 0.29) is 5.69 Å². The molecule has 8 heteroatoms. The molecule has 20 heavy (non-hydrogen) atoms. The smallest absolute Gasteiger partial charge is 0.357 e. The summed E-state index contributed by atoms with van der Waals surface area (Å²) in [6.07, 6.45) is 1.60. The average molecular weight is 337 g/mol. The summed E-state index contributed by atoms with van der Waals surface area (Å²) in [4.78, 5) is 15.0. The lowest BCUT2D eigenvalue weighted by Crippen LogP contribution is -2.03. The van der Waals surface area contributed by atoms with E-state index in [1.165, 1.54) is 4.52 Å². The number of carbonyl (C=O) groups is 1. The second-order valence-electron chi connectivity index (χ2n) is 3.98. The lowest BCUT2D eigenvalue weighted by atomic mass is 10.4. The highest BCUT2D eigenvalue weighted by molar-refractivity contribution is 9.10. The van der Waals surface area contributed by atoms with Crippen molar-refractivity contribution >= 4 is 33.4 Å². The maximum absolute atomic E-state index is 11.0. The molecule has 0 aromatic carbocycles. The van der Waals surface area contributed by atoms with Gasteiger partial charge in [-0.3, -0.25) is 0 Å². The number of anilines is 1. The van der Waals surface area contributed by atoms with Gasteiger partial charge < -0.3 is 14.8 Å². The number of carboxylic acid groups (broad SMARTS) is 1. The van der Waals surface area contributed by atoms with Gasteiger partial charge in [0.1, 0.15) is 16.2 Å². The number of aromatic nitrogens is 3. The van der Waals surface area contributed by atoms with Crippen molar-refractivity contribution in [3.63, 3.8) is 0 Å². The molecule has 0 bridgehead atoms. The molecule has 0 aliphatic rings. The zero-order valence-corrected chi connectivity index (χ0v) is 11.7. The molecule has 0 aliphatic heterocycles. The number of aromatic carboxylic acids is 1. The Hall–Kier alpha value is -2.35. The molecule has 0 saturated heterocycles. The van der Waals surface area contributed by atoms with Crippen LogP contribution in [0.25, 0.3) is 5.65 Å². The van der Waals surface area contributed by atoms with Crippen LogP contribution in [0.5, 0.6) is 0 Å². The van der Waals surface area contributed by atoms with E-state index in [0.29, 0.717) is 22.6 Å². The minimum atomic E-state index is -1.10. The number of fused-ring (bicyclic) bond motifs is 1.